The molecule has 1 atom stereocenters. The van der Waals surface area contributed by atoms with Crippen molar-refractivity contribution < 1.29 is 9.47 Å². The molecule has 21 heavy (non-hydrogen) atoms. The normalized spacial score (nSPS) is 20.0. The minimum Gasteiger partial charge on any atom is -0.486 e. The molecule has 0 saturated heterocycles. The highest BCUT2D eigenvalue weighted by molar-refractivity contribution is 6.30. The van der Waals surface area contributed by atoms with Gasteiger partial charge >= 0.3 is 0 Å². The summed E-state index contributed by atoms with van der Waals surface area (Å²) in [6, 6.07) is 12.5. The van der Waals surface area contributed by atoms with Crippen LogP contribution in [0.3, 0.4) is 0 Å². The van der Waals surface area contributed by atoms with E-state index < -0.39 is 0 Å². The van der Waals surface area contributed by atoms with Crippen LogP contribution in [0.4, 0.5) is 0 Å². The van der Waals surface area contributed by atoms with Gasteiger partial charge in [-0.15, -0.1) is 0 Å². The van der Waals surface area contributed by atoms with Crippen LogP contribution >= 0.6 is 11.6 Å². The molecule has 1 N–H and O–H groups in total. The van der Waals surface area contributed by atoms with Gasteiger partial charge in [-0.2, -0.15) is 0 Å². The Morgan fingerprint density at radius 2 is 1.71 bits per heavy atom. The maximum Gasteiger partial charge on any atom is 0.161 e. The molecule has 2 aromatic rings. The molecule has 0 bridgehead atoms. The molecule has 2 aromatic carbocycles. The number of nitrogens with one attached hydrogen (secondary N) is 1. The molecule has 0 unspecified atom stereocenters. The quantitative estimate of drug-likeness (QED) is 0.876. The lowest BCUT2D eigenvalue weighted by atomic mass is 9.89. The summed E-state index contributed by atoms with van der Waals surface area (Å²) in [5, 5.41) is 4.34. The summed E-state index contributed by atoms with van der Waals surface area (Å²) in [6.45, 7) is 2.20. The van der Waals surface area contributed by atoms with E-state index in [-0.39, 0.29) is 6.04 Å². The van der Waals surface area contributed by atoms with Gasteiger partial charge in [0, 0.05) is 11.6 Å². The van der Waals surface area contributed by atoms with Gasteiger partial charge in [-0.3, -0.25) is 0 Å². The molecule has 3 nitrogen and oxygen atoms in total. The van der Waals surface area contributed by atoms with Crippen LogP contribution in [0.15, 0.2) is 36.4 Å². The molecular formula is C17H16ClNO2. The highest BCUT2D eigenvalue weighted by atomic mass is 35.5. The van der Waals surface area contributed by atoms with Crippen LogP contribution in [0.1, 0.15) is 22.7 Å². The number of hydrogen-bond donors (Lipinski definition) is 1. The fourth-order valence-electron chi connectivity index (χ4n) is 3.05. The van der Waals surface area contributed by atoms with Gasteiger partial charge in [0.1, 0.15) is 13.2 Å². The zero-order valence-corrected chi connectivity index (χ0v) is 12.3. The molecule has 0 amide bonds. The third kappa shape index (κ3) is 2.37. The first-order valence-corrected chi connectivity index (χ1v) is 7.60. The molecule has 0 saturated carbocycles. The largest absolute Gasteiger partial charge is 0.486 e. The number of benzene rings is 2. The molecule has 0 aromatic heterocycles. The first-order chi connectivity index (χ1) is 10.3. The van der Waals surface area contributed by atoms with Crippen LogP contribution in [0.25, 0.3) is 0 Å². The molecule has 0 aliphatic carbocycles. The lowest BCUT2D eigenvalue weighted by molar-refractivity contribution is 0.171. The van der Waals surface area contributed by atoms with Gasteiger partial charge in [-0.05, 0) is 47.4 Å². The zero-order valence-electron chi connectivity index (χ0n) is 11.6. The standard InChI is InChI=1S/C17H16ClNO2/c18-13-3-1-11(2-4-13)17-14-10-16-15(20-7-8-21-16)9-12(14)5-6-19-17/h1-4,9-10,17,19H,5-8H2/t17-/m1/s1. The molecule has 2 aliphatic heterocycles. The summed E-state index contributed by atoms with van der Waals surface area (Å²) >= 11 is 5.99. The first-order valence-electron chi connectivity index (χ1n) is 7.22. The Labute approximate surface area is 128 Å². The van der Waals surface area contributed by atoms with Crippen molar-refractivity contribution in [1.82, 2.24) is 5.32 Å². The highest BCUT2D eigenvalue weighted by Crippen LogP contribution is 2.38. The number of ether oxygens (including phenoxy) is 2. The van der Waals surface area contributed by atoms with Gasteiger partial charge in [0.25, 0.3) is 0 Å². The molecule has 2 heterocycles. The number of fused-ring (bicyclic) bond motifs is 2. The van der Waals surface area contributed by atoms with Crippen molar-refractivity contribution in [3.63, 3.8) is 0 Å². The summed E-state index contributed by atoms with van der Waals surface area (Å²) in [5.41, 5.74) is 3.82. The van der Waals surface area contributed by atoms with Crippen molar-refractivity contribution >= 4 is 11.6 Å². The van der Waals surface area contributed by atoms with Crippen molar-refractivity contribution in [3.05, 3.63) is 58.1 Å². The summed E-state index contributed by atoms with van der Waals surface area (Å²) in [7, 11) is 0. The van der Waals surface area contributed by atoms with Crippen molar-refractivity contribution in [2.24, 2.45) is 0 Å². The molecule has 0 fully saturated rings. The van der Waals surface area contributed by atoms with Crippen molar-refractivity contribution in [1.29, 1.82) is 0 Å². The van der Waals surface area contributed by atoms with Gasteiger partial charge in [-0.1, -0.05) is 23.7 Å². The van der Waals surface area contributed by atoms with Crippen LogP contribution in [0, 0.1) is 0 Å². The van der Waals surface area contributed by atoms with Gasteiger partial charge in [0.05, 0.1) is 6.04 Å². The second kappa shape index (κ2) is 5.24. The Morgan fingerprint density at radius 1 is 1.00 bits per heavy atom. The Hall–Kier alpha value is -1.71. The number of rotatable bonds is 1. The molecule has 108 valence electrons. The van der Waals surface area contributed by atoms with E-state index in [0.29, 0.717) is 13.2 Å². The molecule has 0 spiro atoms. The van der Waals surface area contributed by atoms with Gasteiger partial charge in [0.2, 0.25) is 0 Å². The third-order valence-electron chi connectivity index (χ3n) is 4.06. The van der Waals surface area contributed by atoms with E-state index in [2.05, 4.69) is 29.6 Å². The Bertz CT molecular complexity index is 669. The lowest BCUT2D eigenvalue weighted by Crippen LogP contribution is -2.31. The van der Waals surface area contributed by atoms with Crippen molar-refractivity contribution in [3.8, 4) is 11.5 Å². The van der Waals surface area contributed by atoms with Crippen molar-refractivity contribution in [2.45, 2.75) is 12.5 Å². The van der Waals surface area contributed by atoms with E-state index in [0.717, 1.165) is 29.5 Å². The predicted octanol–water partition coefficient (Wildman–Crippen LogP) is 3.35. The zero-order chi connectivity index (χ0) is 14.2. The van der Waals surface area contributed by atoms with Crippen LogP contribution in [0.2, 0.25) is 5.02 Å². The smallest absolute Gasteiger partial charge is 0.161 e. The second-order valence-corrected chi connectivity index (χ2v) is 5.82. The number of halogens is 1. The first kappa shape index (κ1) is 13.0. The fourth-order valence-corrected chi connectivity index (χ4v) is 3.17. The topological polar surface area (TPSA) is 30.5 Å². The van der Waals surface area contributed by atoms with Crippen LogP contribution < -0.4 is 14.8 Å². The minimum atomic E-state index is 0.182. The average molecular weight is 302 g/mol. The van der Waals surface area contributed by atoms with E-state index in [1.807, 2.05) is 12.1 Å². The van der Waals surface area contributed by atoms with Crippen LogP contribution in [0.5, 0.6) is 11.5 Å². The van der Waals surface area contributed by atoms with E-state index >= 15 is 0 Å². The molecule has 4 heteroatoms. The minimum absolute atomic E-state index is 0.182. The Balaban J connectivity index is 1.78. The van der Waals surface area contributed by atoms with Gasteiger partial charge in [0.15, 0.2) is 11.5 Å². The molecule has 4 rings (SSSR count). The van der Waals surface area contributed by atoms with E-state index in [9.17, 15) is 0 Å². The molecule has 0 radical (unpaired) electrons. The molecular weight excluding hydrogens is 286 g/mol. The third-order valence-corrected chi connectivity index (χ3v) is 4.31. The summed E-state index contributed by atoms with van der Waals surface area (Å²) in [5.74, 6) is 1.72. The Morgan fingerprint density at radius 3 is 2.48 bits per heavy atom. The van der Waals surface area contributed by atoms with Crippen molar-refractivity contribution in [2.75, 3.05) is 19.8 Å². The van der Waals surface area contributed by atoms with E-state index in [1.54, 1.807) is 0 Å². The lowest BCUT2D eigenvalue weighted by Gasteiger charge is -2.30. The van der Waals surface area contributed by atoms with Crippen LogP contribution in [-0.2, 0) is 6.42 Å². The highest BCUT2D eigenvalue weighted by Gasteiger charge is 2.25. The van der Waals surface area contributed by atoms with Crippen LogP contribution in [-0.4, -0.2) is 19.8 Å². The van der Waals surface area contributed by atoms with Gasteiger partial charge in [-0.25, -0.2) is 0 Å². The summed E-state index contributed by atoms with van der Waals surface area (Å²) < 4.78 is 11.4. The maximum absolute atomic E-state index is 5.99. The van der Waals surface area contributed by atoms with E-state index in [4.69, 9.17) is 21.1 Å². The molecule has 2 aliphatic rings. The monoisotopic (exact) mass is 301 g/mol. The maximum atomic E-state index is 5.99. The average Bonchev–Trinajstić information content (AvgIpc) is 2.53. The Kier molecular flexibility index (Phi) is 3.24. The summed E-state index contributed by atoms with van der Waals surface area (Å²) in [4.78, 5) is 0. The predicted molar refractivity (Wildman–Crippen MR) is 82.4 cm³/mol. The van der Waals surface area contributed by atoms with Gasteiger partial charge < -0.3 is 14.8 Å². The summed E-state index contributed by atoms with van der Waals surface area (Å²) in [6.07, 6.45) is 1.01. The fraction of sp³-hybridized carbons (Fsp3) is 0.294. The number of hydrogen-bond acceptors (Lipinski definition) is 3. The SMILES string of the molecule is Clc1ccc([C@H]2NCCc3cc4c(cc32)OCCO4)cc1. The second-order valence-electron chi connectivity index (χ2n) is 5.38. The van der Waals surface area contributed by atoms with E-state index in [1.165, 1.54) is 16.7 Å².